The van der Waals surface area contributed by atoms with Crippen LogP contribution < -0.4 is 15.6 Å². The van der Waals surface area contributed by atoms with Gasteiger partial charge in [-0.15, -0.1) is 0 Å². The largest absolute Gasteiger partial charge is 0.489 e. The van der Waals surface area contributed by atoms with Crippen molar-refractivity contribution in [2.24, 2.45) is 7.05 Å². The Labute approximate surface area is 205 Å². The van der Waals surface area contributed by atoms with Gasteiger partial charge in [-0.2, -0.15) is 5.10 Å². The molecule has 1 N–H and O–H groups in total. The summed E-state index contributed by atoms with van der Waals surface area (Å²) >= 11 is 0. The minimum atomic E-state index is -0.0274. The summed E-state index contributed by atoms with van der Waals surface area (Å²) in [6, 6.07) is 14.3. The molecule has 176 valence electrons. The van der Waals surface area contributed by atoms with Gasteiger partial charge in [-0.25, -0.2) is 9.97 Å². The molecule has 3 heterocycles. The maximum Gasteiger partial charge on any atom is 0.163 e. The molecule has 0 amide bonds. The number of aromatic nitrogens is 5. The summed E-state index contributed by atoms with van der Waals surface area (Å²) < 4.78 is 8.26. The first-order chi connectivity index (χ1) is 16.9. The summed E-state index contributed by atoms with van der Waals surface area (Å²) in [6.45, 7) is 2.85. The molecule has 2 aromatic carbocycles. The van der Waals surface area contributed by atoms with E-state index in [2.05, 4.69) is 55.4 Å². The van der Waals surface area contributed by atoms with E-state index in [9.17, 15) is 0 Å². The Morgan fingerprint density at radius 3 is 2.69 bits per heavy atom. The van der Waals surface area contributed by atoms with Crippen LogP contribution in [0, 0.1) is 0 Å². The number of anilines is 2. The lowest BCUT2D eigenvalue weighted by Gasteiger charge is -2.21. The van der Waals surface area contributed by atoms with E-state index in [1.807, 2.05) is 65.6 Å². The number of rotatable bonds is 7. The fourth-order valence-corrected chi connectivity index (χ4v) is 4.29. The molecule has 0 spiro atoms. The summed E-state index contributed by atoms with van der Waals surface area (Å²) in [7, 11) is 7.98. The zero-order valence-electron chi connectivity index (χ0n) is 20.6. The monoisotopic (exact) mass is 465 g/mol. The van der Waals surface area contributed by atoms with Crippen LogP contribution in [0.4, 0.5) is 11.5 Å². The minimum Gasteiger partial charge on any atom is -0.489 e. The zero-order chi connectivity index (χ0) is 24.5. The van der Waals surface area contributed by atoms with Gasteiger partial charge < -0.3 is 15.0 Å². The van der Waals surface area contributed by atoms with E-state index in [-0.39, 0.29) is 6.10 Å². The van der Waals surface area contributed by atoms with E-state index in [0.29, 0.717) is 5.82 Å². The second kappa shape index (κ2) is 9.35. The molecule has 0 aliphatic carbocycles. The standard InChI is InChI=1S/C26H28BN7O/c1-16(13-33(2)3)35-23-11-18(19-12-30-34(4)14-19)10-22-25(23)26(29-15-28-22)31-20-6-7-21-17(9-20)5-8-24(27)32-21/h5-12,14-16H,13,27H2,1-4H3,(H,28,29,31)/t16-/m1/s1. The fraction of sp³-hybridized carbons (Fsp3) is 0.231. The van der Waals surface area contributed by atoms with Crippen molar-refractivity contribution < 1.29 is 4.74 Å². The van der Waals surface area contributed by atoms with Gasteiger partial charge in [0.25, 0.3) is 0 Å². The lowest BCUT2D eigenvalue weighted by atomic mass is 10.0. The molecule has 3 aromatic heterocycles. The predicted molar refractivity (Wildman–Crippen MR) is 144 cm³/mol. The molecule has 8 nitrogen and oxygen atoms in total. The molecule has 0 radical (unpaired) electrons. The Kier molecular flexibility index (Phi) is 6.09. The molecular weight excluding hydrogens is 437 g/mol. The lowest BCUT2D eigenvalue weighted by Crippen LogP contribution is -2.28. The van der Waals surface area contributed by atoms with Crippen molar-refractivity contribution in [2.45, 2.75) is 13.0 Å². The first kappa shape index (κ1) is 22.8. The highest BCUT2D eigenvalue weighted by Crippen LogP contribution is 2.37. The average Bonchev–Trinajstić information content (AvgIpc) is 3.25. The van der Waals surface area contributed by atoms with Crippen molar-refractivity contribution in [3.63, 3.8) is 0 Å². The molecule has 0 bridgehead atoms. The molecule has 9 heteroatoms. The van der Waals surface area contributed by atoms with E-state index in [1.165, 1.54) is 0 Å². The topological polar surface area (TPSA) is 81.0 Å². The Morgan fingerprint density at radius 2 is 1.91 bits per heavy atom. The van der Waals surface area contributed by atoms with E-state index >= 15 is 0 Å². The van der Waals surface area contributed by atoms with Crippen LogP contribution in [-0.4, -0.2) is 64.2 Å². The van der Waals surface area contributed by atoms with Crippen LogP contribution in [0.25, 0.3) is 32.9 Å². The molecule has 0 aliphatic rings. The third-order valence-corrected chi connectivity index (χ3v) is 5.78. The number of hydrogen-bond acceptors (Lipinski definition) is 7. The Bertz CT molecular complexity index is 1510. The van der Waals surface area contributed by atoms with Crippen LogP contribution in [0.1, 0.15) is 6.92 Å². The lowest BCUT2D eigenvalue weighted by molar-refractivity contribution is 0.179. The molecule has 5 rings (SSSR count). The molecule has 0 fully saturated rings. The van der Waals surface area contributed by atoms with Crippen LogP contribution in [0.3, 0.4) is 0 Å². The van der Waals surface area contributed by atoms with Crippen molar-refractivity contribution in [1.82, 2.24) is 29.6 Å². The number of likely N-dealkylation sites (N-methyl/N-ethyl adjacent to an activating group) is 1. The number of pyridine rings is 1. The smallest absolute Gasteiger partial charge is 0.163 e. The third-order valence-electron chi connectivity index (χ3n) is 5.78. The molecule has 1 atom stereocenters. The Hall–Kier alpha value is -3.98. The van der Waals surface area contributed by atoms with Crippen molar-refractivity contribution in [1.29, 1.82) is 0 Å². The summed E-state index contributed by atoms with van der Waals surface area (Å²) in [5, 5.41) is 9.72. The normalized spacial score (nSPS) is 12.4. The maximum absolute atomic E-state index is 6.47. The van der Waals surface area contributed by atoms with Crippen LogP contribution in [0.15, 0.2) is 61.2 Å². The van der Waals surface area contributed by atoms with Gasteiger partial charge in [-0.3, -0.25) is 9.67 Å². The van der Waals surface area contributed by atoms with Gasteiger partial charge in [0.15, 0.2) is 7.85 Å². The predicted octanol–water partition coefficient (Wildman–Crippen LogP) is 2.91. The number of fused-ring (bicyclic) bond motifs is 2. The number of nitrogens with zero attached hydrogens (tertiary/aromatic N) is 6. The van der Waals surface area contributed by atoms with Gasteiger partial charge in [0.2, 0.25) is 0 Å². The van der Waals surface area contributed by atoms with Gasteiger partial charge in [0.1, 0.15) is 24.0 Å². The van der Waals surface area contributed by atoms with Crippen molar-refractivity contribution in [3.8, 4) is 16.9 Å². The minimum absolute atomic E-state index is 0.0274. The average molecular weight is 465 g/mol. The van der Waals surface area contributed by atoms with Crippen LogP contribution in [-0.2, 0) is 7.05 Å². The summed E-state index contributed by atoms with van der Waals surface area (Å²) in [5.74, 6) is 1.43. The number of benzene rings is 2. The van der Waals surface area contributed by atoms with E-state index < -0.39 is 0 Å². The zero-order valence-corrected chi connectivity index (χ0v) is 20.6. The first-order valence-electron chi connectivity index (χ1n) is 11.6. The number of nitrogens with one attached hydrogen (secondary N) is 1. The third kappa shape index (κ3) is 4.95. The molecule has 0 aliphatic heterocycles. The molecular formula is C26H28BN7O. The maximum atomic E-state index is 6.47. The highest BCUT2D eigenvalue weighted by atomic mass is 16.5. The molecule has 0 saturated heterocycles. The van der Waals surface area contributed by atoms with Gasteiger partial charge >= 0.3 is 0 Å². The first-order valence-corrected chi connectivity index (χ1v) is 11.6. The van der Waals surface area contributed by atoms with Crippen LogP contribution >= 0.6 is 0 Å². The second-order valence-corrected chi connectivity index (χ2v) is 9.17. The van der Waals surface area contributed by atoms with E-state index in [1.54, 1.807) is 11.0 Å². The Balaban J connectivity index is 1.60. The highest BCUT2D eigenvalue weighted by Gasteiger charge is 2.17. The number of hydrogen-bond donors (Lipinski definition) is 1. The fourth-order valence-electron chi connectivity index (χ4n) is 4.29. The van der Waals surface area contributed by atoms with Gasteiger partial charge in [-0.1, -0.05) is 12.1 Å². The van der Waals surface area contributed by atoms with E-state index in [0.717, 1.165) is 56.5 Å². The Morgan fingerprint density at radius 1 is 1.06 bits per heavy atom. The summed E-state index contributed by atoms with van der Waals surface area (Å²) in [5.41, 5.74) is 5.68. The molecule has 0 saturated carbocycles. The SMILES string of the molecule is Bc1ccc2cc(Nc3ncnc4cc(-c5cnn(C)c5)cc(O[C@H](C)CN(C)C)c34)ccc2n1. The molecule has 35 heavy (non-hydrogen) atoms. The van der Waals surface area contributed by atoms with Crippen LogP contribution in [0.5, 0.6) is 5.75 Å². The summed E-state index contributed by atoms with van der Waals surface area (Å²) in [6.07, 6.45) is 5.38. The quantitative estimate of drug-likeness (QED) is 0.370. The van der Waals surface area contributed by atoms with Gasteiger partial charge in [-0.05, 0) is 62.5 Å². The summed E-state index contributed by atoms with van der Waals surface area (Å²) in [4.78, 5) is 15.9. The van der Waals surface area contributed by atoms with Crippen molar-refractivity contribution in [2.75, 3.05) is 26.0 Å². The highest BCUT2D eigenvalue weighted by molar-refractivity contribution is 6.31. The number of ether oxygens (including phenoxy) is 1. The second-order valence-electron chi connectivity index (χ2n) is 9.17. The molecule has 5 aromatic rings. The van der Waals surface area contributed by atoms with Gasteiger partial charge in [0, 0.05) is 36.4 Å². The van der Waals surface area contributed by atoms with Gasteiger partial charge in [0.05, 0.1) is 22.6 Å². The molecule has 0 unspecified atom stereocenters. The van der Waals surface area contributed by atoms with Crippen LogP contribution in [0.2, 0.25) is 0 Å². The van der Waals surface area contributed by atoms with E-state index in [4.69, 9.17) is 4.74 Å². The number of aryl methyl sites for hydroxylation is 1. The van der Waals surface area contributed by atoms with Crippen molar-refractivity contribution in [3.05, 3.63) is 61.2 Å². The van der Waals surface area contributed by atoms with Crippen molar-refractivity contribution >= 4 is 46.8 Å².